The third-order valence-electron chi connectivity index (χ3n) is 2.45. The Morgan fingerprint density at radius 1 is 1.28 bits per heavy atom. The van der Waals surface area contributed by atoms with Crippen molar-refractivity contribution in [1.29, 1.82) is 0 Å². The summed E-state index contributed by atoms with van der Waals surface area (Å²) in [6.07, 6.45) is 3.19. The molecule has 0 bridgehead atoms. The van der Waals surface area contributed by atoms with Crippen molar-refractivity contribution >= 4 is 15.7 Å². The highest BCUT2D eigenvalue weighted by Crippen LogP contribution is 2.20. The lowest BCUT2D eigenvalue weighted by Gasteiger charge is -2.13. The number of benzene rings is 1. The van der Waals surface area contributed by atoms with E-state index in [0.29, 0.717) is 11.4 Å². The maximum atomic E-state index is 11.9. The lowest BCUT2D eigenvalue weighted by molar-refractivity contribution is 0.592. The molecule has 0 aliphatic heterocycles. The Bertz CT molecular complexity index is 620. The number of hydrogen-bond donors (Lipinski definition) is 1. The Morgan fingerprint density at radius 2 is 2.00 bits per heavy atom. The molecule has 1 N–H and O–H groups in total. The standard InChI is InChI=1S/C11H14N4O2S/c1-9(2)18(16,17)13-10-5-3-4-6-11(10)15-8-7-12-14-15/h3-9,13H,1-2H3. The molecule has 1 aromatic heterocycles. The van der Waals surface area contributed by atoms with Crippen LogP contribution in [0, 0.1) is 0 Å². The van der Waals surface area contributed by atoms with Gasteiger partial charge in [-0.3, -0.25) is 4.72 Å². The van der Waals surface area contributed by atoms with Crippen molar-refractivity contribution in [3.63, 3.8) is 0 Å². The molecule has 2 rings (SSSR count). The molecular formula is C11H14N4O2S. The van der Waals surface area contributed by atoms with Crippen LogP contribution in [0.2, 0.25) is 0 Å². The zero-order valence-electron chi connectivity index (χ0n) is 10.1. The van der Waals surface area contributed by atoms with Crippen LogP contribution in [0.25, 0.3) is 5.69 Å². The highest BCUT2D eigenvalue weighted by atomic mass is 32.2. The minimum atomic E-state index is -3.38. The first-order valence-electron chi connectivity index (χ1n) is 5.48. The smallest absolute Gasteiger partial charge is 0.235 e. The minimum absolute atomic E-state index is 0.483. The van der Waals surface area contributed by atoms with E-state index in [1.807, 2.05) is 6.07 Å². The molecule has 18 heavy (non-hydrogen) atoms. The van der Waals surface area contributed by atoms with Crippen LogP contribution < -0.4 is 4.72 Å². The van der Waals surface area contributed by atoms with Crippen LogP contribution in [0.3, 0.4) is 0 Å². The summed E-state index contributed by atoms with van der Waals surface area (Å²) in [5.74, 6) is 0. The maximum Gasteiger partial charge on any atom is 0.235 e. The molecule has 0 unspecified atom stereocenters. The lowest BCUT2D eigenvalue weighted by atomic mass is 10.3. The van der Waals surface area contributed by atoms with E-state index in [1.165, 1.54) is 10.9 Å². The number of nitrogens with one attached hydrogen (secondary N) is 1. The first-order valence-corrected chi connectivity index (χ1v) is 7.02. The van der Waals surface area contributed by atoms with Crippen LogP contribution in [0.15, 0.2) is 36.7 Å². The molecule has 0 radical (unpaired) electrons. The molecule has 0 aliphatic rings. The molecule has 0 atom stereocenters. The molecule has 0 aliphatic carbocycles. The average molecular weight is 266 g/mol. The Balaban J connectivity index is 2.41. The number of hydrogen-bond acceptors (Lipinski definition) is 4. The van der Waals surface area contributed by atoms with Gasteiger partial charge in [0, 0.05) is 0 Å². The van der Waals surface area contributed by atoms with Gasteiger partial charge >= 0.3 is 0 Å². The summed E-state index contributed by atoms with van der Waals surface area (Å²) in [4.78, 5) is 0. The lowest BCUT2D eigenvalue weighted by Crippen LogP contribution is -2.23. The van der Waals surface area contributed by atoms with E-state index in [9.17, 15) is 8.42 Å². The second-order valence-corrected chi connectivity index (χ2v) is 6.30. The summed E-state index contributed by atoms with van der Waals surface area (Å²) >= 11 is 0. The van der Waals surface area contributed by atoms with Gasteiger partial charge in [-0.05, 0) is 26.0 Å². The predicted molar refractivity (Wildman–Crippen MR) is 69.0 cm³/mol. The van der Waals surface area contributed by atoms with Crippen LogP contribution >= 0.6 is 0 Å². The number of rotatable bonds is 4. The summed E-state index contributed by atoms with van der Waals surface area (Å²) in [5, 5.41) is 7.06. The van der Waals surface area contributed by atoms with E-state index >= 15 is 0 Å². The van der Waals surface area contributed by atoms with Crippen molar-refractivity contribution in [3.8, 4) is 5.69 Å². The highest BCUT2D eigenvalue weighted by Gasteiger charge is 2.17. The maximum absolute atomic E-state index is 11.9. The zero-order chi connectivity index (χ0) is 13.2. The van der Waals surface area contributed by atoms with Crippen LogP contribution in [0.1, 0.15) is 13.8 Å². The van der Waals surface area contributed by atoms with Crippen LogP contribution in [-0.2, 0) is 10.0 Å². The third-order valence-corrected chi connectivity index (χ3v) is 4.19. The molecule has 1 aromatic carbocycles. The van der Waals surface area contributed by atoms with E-state index in [-0.39, 0.29) is 0 Å². The van der Waals surface area contributed by atoms with Gasteiger partial charge in [-0.15, -0.1) is 5.10 Å². The summed E-state index contributed by atoms with van der Waals surface area (Å²) in [7, 11) is -3.38. The van der Waals surface area contributed by atoms with Gasteiger partial charge in [-0.2, -0.15) is 0 Å². The fourth-order valence-corrected chi connectivity index (χ4v) is 2.08. The fraction of sp³-hybridized carbons (Fsp3) is 0.273. The normalized spacial score (nSPS) is 11.7. The number of sulfonamides is 1. The van der Waals surface area contributed by atoms with E-state index < -0.39 is 15.3 Å². The van der Waals surface area contributed by atoms with Crippen molar-refractivity contribution in [3.05, 3.63) is 36.7 Å². The average Bonchev–Trinajstić information content (AvgIpc) is 2.82. The quantitative estimate of drug-likeness (QED) is 0.907. The molecule has 0 spiro atoms. The summed E-state index contributed by atoms with van der Waals surface area (Å²) in [6, 6.07) is 7.03. The van der Waals surface area contributed by atoms with Gasteiger partial charge in [0.1, 0.15) is 0 Å². The second kappa shape index (κ2) is 4.77. The Kier molecular flexibility index (Phi) is 3.33. The number of nitrogens with zero attached hydrogens (tertiary/aromatic N) is 3. The van der Waals surface area contributed by atoms with Gasteiger partial charge in [0.05, 0.1) is 29.0 Å². The molecular weight excluding hydrogens is 252 g/mol. The Hall–Kier alpha value is -1.89. The van der Waals surface area contributed by atoms with Gasteiger partial charge in [0.2, 0.25) is 10.0 Å². The van der Waals surface area contributed by atoms with Crippen molar-refractivity contribution in [2.45, 2.75) is 19.1 Å². The Labute approximate surface area is 106 Å². The molecule has 0 amide bonds. The van der Waals surface area contributed by atoms with E-state index in [1.54, 1.807) is 38.2 Å². The predicted octanol–water partition coefficient (Wildman–Crippen LogP) is 1.42. The largest absolute Gasteiger partial charge is 0.281 e. The van der Waals surface area contributed by atoms with Gasteiger partial charge in [-0.25, -0.2) is 13.1 Å². The first-order chi connectivity index (χ1) is 8.50. The third kappa shape index (κ3) is 2.51. The van der Waals surface area contributed by atoms with Crippen LogP contribution in [-0.4, -0.2) is 28.7 Å². The molecule has 0 saturated carbocycles. The fourth-order valence-electron chi connectivity index (χ4n) is 1.37. The number of para-hydroxylation sites is 2. The zero-order valence-corrected chi connectivity index (χ0v) is 10.9. The van der Waals surface area contributed by atoms with Crippen molar-refractivity contribution < 1.29 is 8.42 Å². The van der Waals surface area contributed by atoms with Crippen molar-refractivity contribution in [2.24, 2.45) is 0 Å². The van der Waals surface area contributed by atoms with Crippen molar-refractivity contribution in [2.75, 3.05) is 4.72 Å². The SMILES string of the molecule is CC(C)S(=O)(=O)Nc1ccccc1-n1ccnn1. The van der Waals surface area contributed by atoms with Crippen molar-refractivity contribution in [1.82, 2.24) is 15.0 Å². The van der Waals surface area contributed by atoms with E-state index in [0.717, 1.165) is 0 Å². The minimum Gasteiger partial charge on any atom is -0.281 e. The summed E-state index contributed by atoms with van der Waals surface area (Å²) in [5.41, 5.74) is 1.12. The molecule has 1 heterocycles. The highest BCUT2D eigenvalue weighted by molar-refractivity contribution is 7.93. The topological polar surface area (TPSA) is 76.9 Å². The molecule has 96 valence electrons. The summed E-state index contributed by atoms with van der Waals surface area (Å²) in [6.45, 7) is 3.25. The first kappa shape index (κ1) is 12.6. The number of anilines is 1. The monoisotopic (exact) mass is 266 g/mol. The summed E-state index contributed by atoms with van der Waals surface area (Å²) < 4.78 is 27.8. The second-order valence-electron chi connectivity index (χ2n) is 4.06. The van der Waals surface area contributed by atoms with Gasteiger partial charge in [0.15, 0.2) is 0 Å². The van der Waals surface area contributed by atoms with Gasteiger partial charge in [-0.1, -0.05) is 17.3 Å². The van der Waals surface area contributed by atoms with Crippen LogP contribution in [0.4, 0.5) is 5.69 Å². The molecule has 7 heteroatoms. The van der Waals surface area contributed by atoms with Gasteiger partial charge in [0.25, 0.3) is 0 Å². The molecule has 6 nitrogen and oxygen atoms in total. The molecule has 0 fully saturated rings. The molecule has 0 saturated heterocycles. The number of aromatic nitrogens is 3. The molecule has 2 aromatic rings. The Morgan fingerprint density at radius 3 is 2.61 bits per heavy atom. The van der Waals surface area contributed by atoms with Gasteiger partial charge < -0.3 is 0 Å². The van der Waals surface area contributed by atoms with E-state index in [4.69, 9.17) is 0 Å². The van der Waals surface area contributed by atoms with E-state index in [2.05, 4.69) is 15.0 Å². The van der Waals surface area contributed by atoms with Crippen LogP contribution in [0.5, 0.6) is 0 Å².